The molecule has 0 bridgehead atoms. The first kappa shape index (κ1) is 17.2. The number of nitrogens with zero attached hydrogens (tertiary/aromatic N) is 4. The van der Waals surface area contributed by atoms with Gasteiger partial charge in [-0.05, 0) is 24.8 Å². The van der Waals surface area contributed by atoms with Crippen molar-refractivity contribution in [2.75, 3.05) is 24.5 Å². The van der Waals surface area contributed by atoms with Gasteiger partial charge in [0, 0.05) is 43.7 Å². The van der Waals surface area contributed by atoms with Gasteiger partial charge in [-0.2, -0.15) is 0 Å². The fourth-order valence-corrected chi connectivity index (χ4v) is 3.24. The Hall–Kier alpha value is -3.22. The van der Waals surface area contributed by atoms with Crippen molar-refractivity contribution in [3.63, 3.8) is 0 Å². The molecule has 2 aromatic heterocycles. The fourth-order valence-electron chi connectivity index (χ4n) is 3.24. The highest BCUT2D eigenvalue weighted by molar-refractivity contribution is 5.93. The van der Waals surface area contributed by atoms with Gasteiger partial charge in [-0.25, -0.2) is 9.97 Å². The van der Waals surface area contributed by atoms with Gasteiger partial charge < -0.3 is 14.7 Å². The molecule has 1 N–H and O–H groups in total. The minimum Gasteiger partial charge on any atom is -0.355 e. The van der Waals surface area contributed by atoms with E-state index in [1.165, 1.54) is 0 Å². The smallest absolute Gasteiger partial charge is 0.273 e. The third-order valence-electron chi connectivity index (χ3n) is 4.80. The molecule has 1 aliphatic heterocycles. The van der Waals surface area contributed by atoms with Crippen molar-refractivity contribution in [2.24, 2.45) is 5.92 Å². The van der Waals surface area contributed by atoms with E-state index in [2.05, 4.69) is 25.3 Å². The second-order valence-corrected chi connectivity index (χ2v) is 6.63. The Morgan fingerprint density at radius 1 is 1.11 bits per heavy atom. The van der Waals surface area contributed by atoms with Crippen LogP contribution in [0, 0.1) is 5.92 Å². The molecular weight excluding hydrogens is 342 g/mol. The Labute approximate surface area is 157 Å². The Kier molecular flexibility index (Phi) is 5.09. The molecule has 27 heavy (non-hydrogen) atoms. The molecule has 3 aromatic rings. The molecule has 0 radical (unpaired) electrons. The highest BCUT2D eigenvalue weighted by Gasteiger charge is 2.22. The zero-order valence-electron chi connectivity index (χ0n) is 14.9. The average Bonchev–Trinajstić information content (AvgIpc) is 3.24. The van der Waals surface area contributed by atoms with E-state index < -0.39 is 0 Å². The first-order valence-corrected chi connectivity index (χ1v) is 9.12. The molecule has 0 aliphatic carbocycles. The summed E-state index contributed by atoms with van der Waals surface area (Å²) >= 11 is 0. The van der Waals surface area contributed by atoms with E-state index in [9.17, 15) is 4.79 Å². The maximum atomic E-state index is 12.4. The van der Waals surface area contributed by atoms with Gasteiger partial charge in [0.15, 0.2) is 11.5 Å². The molecule has 1 fully saturated rings. The standard InChI is InChI=1S/C20H21N5O2/c26-19(17-13-18(27-24-17)16-5-2-1-3-6-16)23-14-15-7-11-25(12-8-15)20-21-9-4-10-22-20/h1-6,9-10,13,15H,7-8,11-12,14H2,(H,23,26). The lowest BCUT2D eigenvalue weighted by molar-refractivity contribution is 0.0936. The van der Waals surface area contributed by atoms with Crippen LogP contribution in [0.15, 0.2) is 59.4 Å². The van der Waals surface area contributed by atoms with Crippen LogP contribution in [0.1, 0.15) is 23.3 Å². The van der Waals surface area contributed by atoms with Crippen LogP contribution in [-0.4, -0.2) is 40.7 Å². The quantitative estimate of drug-likeness (QED) is 0.750. The van der Waals surface area contributed by atoms with E-state index in [0.29, 0.717) is 23.9 Å². The predicted octanol–water partition coefficient (Wildman–Crippen LogP) is 2.78. The van der Waals surface area contributed by atoms with E-state index in [0.717, 1.165) is 37.4 Å². The van der Waals surface area contributed by atoms with Crippen LogP contribution in [0.5, 0.6) is 0 Å². The number of nitrogens with one attached hydrogen (secondary N) is 1. The molecule has 7 nitrogen and oxygen atoms in total. The number of hydrogen-bond donors (Lipinski definition) is 1. The van der Waals surface area contributed by atoms with Crippen molar-refractivity contribution in [3.8, 4) is 11.3 Å². The Balaban J connectivity index is 1.27. The summed E-state index contributed by atoms with van der Waals surface area (Å²) in [6.45, 7) is 2.43. The van der Waals surface area contributed by atoms with Gasteiger partial charge >= 0.3 is 0 Å². The number of benzene rings is 1. The summed E-state index contributed by atoms with van der Waals surface area (Å²) in [5.41, 5.74) is 1.21. The van der Waals surface area contributed by atoms with Gasteiger partial charge in [0.1, 0.15) is 0 Å². The van der Waals surface area contributed by atoms with Crippen LogP contribution in [0.2, 0.25) is 0 Å². The maximum Gasteiger partial charge on any atom is 0.273 e. The minimum absolute atomic E-state index is 0.199. The van der Waals surface area contributed by atoms with Gasteiger partial charge in [-0.3, -0.25) is 4.79 Å². The van der Waals surface area contributed by atoms with Crippen LogP contribution in [-0.2, 0) is 0 Å². The van der Waals surface area contributed by atoms with Crippen molar-refractivity contribution in [2.45, 2.75) is 12.8 Å². The highest BCUT2D eigenvalue weighted by atomic mass is 16.5. The normalized spacial score (nSPS) is 14.9. The summed E-state index contributed by atoms with van der Waals surface area (Å²) in [6.07, 6.45) is 5.51. The van der Waals surface area contributed by atoms with Crippen molar-refractivity contribution >= 4 is 11.9 Å². The van der Waals surface area contributed by atoms with E-state index in [1.807, 2.05) is 36.4 Å². The van der Waals surface area contributed by atoms with Gasteiger partial charge in [0.05, 0.1) is 0 Å². The molecule has 7 heteroatoms. The topological polar surface area (TPSA) is 84.2 Å². The summed E-state index contributed by atoms with van der Waals surface area (Å²) in [6, 6.07) is 13.1. The molecule has 138 valence electrons. The predicted molar refractivity (Wildman–Crippen MR) is 101 cm³/mol. The number of amides is 1. The molecule has 1 saturated heterocycles. The fraction of sp³-hybridized carbons (Fsp3) is 0.300. The van der Waals surface area contributed by atoms with Crippen molar-refractivity contribution in [3.05, 3.63) is 60.6 Å². The van der Waals surface area contributed by atoms with E-state index in [-0.39, 0.29) is 5.91 Å². The Bertz CT molecular complexity index is 874. The first-order valence-electron chi connectivity index (χ1n) is 9.12. The molecule has 0 spiro atoms. The lowest BCUT2D eigenvalue weighted by Crippen LogP contribution is -2.39. The monoisotopic (exact) mass is 363 g/mol. The second-order valence-electron chi connectivity index (χ2n) is 6.63. The molecule has 4 rings (SSSR count). The molecule has 0 atom stereocenters. The highest BCUT2D eigenvalue weighted by Crippen LogP contribution is 2.21. The van der Waals surface area contributed by atoms with Gasteiger partial charge in [0.25, 0.3) is 5.91 Å². The number of rotatable bonds is 5. The minimum atomic E-state index is -0.199. The summed E-state index contributed by atoms with van der Waals surface area (Å²) < 4.78 is 5.30. The van der Waals surface area contributed by atoms with Crippen LogP contribution < -0.4 is 10.2 Å². The lowest BCUT2D eigenvalue weighted by atomic mass is 9.97. The molecule has 0 unspecified atom stereocenters. The second kappa shape index (κ2) is 7.99. The summed E-state index contributed by atoms with van der Waals surface area (Å²) in [7, 11) is 0. The molecule has 0 saturated carbocycles. The van der Waals surface area contributed by atoms with Crippen LogP contribution in [0.25, 0.3) is 11.3 Å². The number of carbonyl (C=O) groups is 1. The van der Waals surface area contributed by atoms with E-state index in [1.54, 1.807) is 18.5 Å². The Morgan fingerprint density at radius 3 is 2.59 bits per heavy atom. The van der Waals surface area contributed by atoms with Gasteiger partial charge in [-0.1, -0.05) is 35.5 Å². The zero-order chi connectivity index (χ0) is 18.5. The lowest BCUT2D eigenvalue weighted by Gasteiger charge is -2.31. The van der Waals surface area contributed by atoms with E-state index in [4.69, 9.17) is 4.52 Å². The SMILES string of the molecule is O=C(NCC1CCN(c2ncccn2)CC1)c1cc(-c2ccccc2)on1. The molecule has 1 amide bonds. The van der Waals surface area contributed by atoms with Crippen molar-refractivity contribution < 1.29 is 9.32 Å². The number of anilines is 1. The third-order valence-corrected chi connectivity index (χ3v) is 4.80. The summed E-state index contributed by atoms with van der Waals surface area (Å²) in [5, 5.41) is 6.87. The molecule has 1 aromatic carbocycles. The number of carbonyl (C=O) groups excluding carboxylic acids is 1. The van der Waals surface area contributed by atoms with Gasteiger partial charge in [0.2, 0.25) is 5.95 Å². The largest absolute Gasteiger partial charge is 0.355 e. The molecular formula is C20H21N5O2. The molecule has 3 heterocycles. The number of aromatic nitrogens is 3. The van der Waals surface area contributed by atoms with Crippen LogP contribution in [0.4, 0.5) is 5.95 Å². The van der Waals surface area contributed by atoms with Crippen LogP contribution in [0.3, 0.4) is 0 Å². The number of hydrogen-bond acceptors (Lipinski definition) is 6. The van der Waals surface area contributed by atoms with Crippen LogP contribution >= 0.6 is 0 Å². The van der Waals surface area contributed by atoms with E-state index >= 15 is 0 Å². The summed E-state index contributed by atoms with van der Waals surface area (Å²) in [4.78, 5) is 23.1. The van der Waals surface area contributed by atoms with Gasteiger partial charge in [-0.15, -0.1) is 0 Å². The third kappa shape index (κ3) is 4.13. The first-order chi connectivity index (χ1) is 13.3. The Morgan fingerprint density at radius 2 is 1.85 bits per heavy atom. The maximum absolute atomic E-state index is 12.4. The summed E-state index contributed by atoms with van der Waals surface area (Å²) in [5.74, 6) is 1.61. The molecule has 1 aliphatic rings. The van der Waals surface area contributed by atoms with Crippen molar-refractivity contribution in [1.82, 2.24) is 20.4 Å². The number of piperidine rings is 1. The zero-order valence-corrected chi connectivity index (χ0v) is 14.9. The average molecular weight is 363 g/mol. The van der Waals surface area contributed by atoms with Crippen molar-refractivity contribution in [1.29, 1.82) is 0 Å².